The summed E-state index contributed by atoms with van der Waals surface area (Å²) in [5.74, 6) is 0.536. The lowest BCUT2D eigenvalue weighted by atomic mass is 10.2. The fraction of sp³-hybridized carbons (Fsp3) is 0.304. The quantitative estimate of drug-likeness (QED) is 0.252. The van der Waals surface area contributed by atoms with Crippen LogP contribution >= 0.6 is 23.2 Å². The van der Waals surface area contributed by atoms with Crippen LogP contribution in [0.25, 0.3) is 6.08 Å². The second kappa shape index (κ2) is 10.5. The van der Waals surface area contributed by atoms with Crippen molar-refractivity contribution in [3.05, 3.63) is 69.3 Å². The Morgan fingerprint density at radius 1 is 1.03 bits per heavy atom. The highest BCUT2D eigenvalue weighted by molar-refractivity contribution is 6.35. The highest BCUT2D eigenvalue weighted by Gasteiger charge is 2.24. The van der Waals surface area contributed by atoms with Crippen molar-refractivity contribution in [2.45, 2.75) is 39.0 Å². The molecule has 0 radical (unpaired) electrons. The van der Waals surface area contributed by atoms with Crippen molar-refractivity contribution in [1.82, 2.24) is 0 Å². The van der Waals surface area contributed by atoms with E-state index in [2.05, 4.69) is 11.9 Å². The fourth-order valence-electron chi connectivity index (χ4n) is 2.89. The zero-order valence-electron chi connectivity index (χ0n) is 16.3. The number of carbonyl (C=O) groups excluding carboxylic acids is 1. The molecule has 0 aliphatic carbocycles. The predicted molar refractivity (Wildman–Crippen MR) is 118 cm³/mol. The van der Waals surface area contributed by atoms with Crippen LogP contribution < -0.4 is 4.74 Å². The van der Waals surface area contributed by atoms with Gasteiger partial charge in [-0.25, -0.2) is 9.79 Å². The maximum Gasteiger partial charge on any atom is 0.363 e. The van der Waals surface area contributed by atoms with E-state index in [1.54, 1.807) is 24.3 Å². The lowest BCUT2D eigenvalue weighted by Gasteiger charge is -2.07. The number of cyclic esters (lactones) is 1. The highest BCUT2D eigenvalue weighted by Crippen LogP contribution is 2.26. The smallest absolute Gasteiger partial charge is 0.363 e. The van der Waals surface area contributed by atoms with Gasteiger partial charge in [-0.15, -0.1) is 0 Å². The van der Waals surface area contributed by atoms with Gasteiger partial charge in [-0.3, -0.25) is 0 Å². The Morgan fingerprint density at radius 3 is 2.52 bits per heavy atom. The van der Waals surface area contributed by atoms with Gasteiger partial charge in [0.05, 0.1) is 6.61 Å². The van der Waals surface area contributed by atoms with Crippen molar-refractivity contribution in [3.8, 4) is 5.75 Å². The van der Waals surface area contributed by atoms with E-state index in [9.17, 15) is 4.79 Å². The molecule has 0 bridgehead atoms. The van der Waals surface area contributed by atoms with Crippen molar-refractivity contribution >= 4 is 41.1 Å². The van der Waals surface area contributed by atoms with E-state index < -0.39 is 5.97 Å². The second-order valence-electron chi connectivity index (χ2n) is 6.79. The Morgan fingerprint density at radius 2 is 1.79 bits per heavy atom. The summed E-state index contributed by atoms with van der Waals surface area (Å²) in [6, 6.07) is 12.4. The first-order valence-corrected chi connectivity index (χ1v) is 10.5. The number of benzene rings is 2. The van der Waals surface area contributed by atoms with Gasteiger partial charge < -0.3 is 9.47 Å². The normalized spacial score (nSPS) is 14.8. The zero-order valence-corrected chi connectivity index (χ0v) is 17.8. The zero-order chi connectivity index (χ0) is 20.6. The highest BCUT2D eigenvalue weighted by atomic mass is 35.5. The Bertz CT molecular complexity index is 920. The molecule has 2 aromatic carbocycles. The third-order valence-electron chi connectivity index (χ3n) is 4.49. The minimum Gasteiger partial charge on any atom is -0.494 e. The van der Waals surface area contributed by atoms with Crippen LogP contribution in [0.1, 0.15) is 50.2 Å². The van der Waals surface area contributed by atoms with E-state index in [4.69, 9.17) is 32.7 Å². The maximum atomic E-state index is 12.2. The Balaban J connectivity index is 1.62. The number of hydrogen-bond acceptors (Lipinski definition) is 4. The average molecular weight is 432 g/mol. The lowest BCUT2D eigenvalue weighted by Crippen LogP contribution is -2.05. The first kappa shape index (κ1) is 21.4. The second-order valence-corrected chi connectivity index (χ2v) is 7.63. The molecule has 2 aromatic rings. The predicted octanol–water partition coefficient (Wildman–Crippen LogP) is 6.69. The average Bonchev–Trinajstić information content (AvgIpc) is 3.07. The van der Waals surface area contributed by atoms with Crippen LogP contribution in [-0.2, 0) is 9.53 Å². The number of unbranched alkanes of at least 4 members (excludes halogenated alkanes) is 4. The van der Waals surface area contributed by atoms with Gasteiger partial charge in [0.1, 0.15) is 5.75 Å². The molecule has 1 heterocycles. The molecule has 6 heteroatoms. The molecule has 0 unspecified atom stereocenters. The minimum absolute atomic E-state index is 0.191. The number of ether oxygens (including phenoxy) is 2. The van der Waals surface area contributed by atoms with E-state index in [0.717, 1.165) is 12.2 Å². The van der Waals surface area contributed by atoms with Crippen LogP contribution in [-0.4, -0.2) is 18.5 Å². The van der Waals surface area contributed by atoms with E-state index >= 15 is 0 Å². The monoisotopic (exact) mass is 431 g/mol. The molecule has 0 N–H and O–H groups in total. The minimum atomic E-state index is -0.515. The number of esters is 1. The van der Waals surface area contributed by atoms with Gasteiger partial charge >= 0.3 is 5.97 Å². The van der Waals surface area contributed by atoms with Gasteiger partial charge in [0, 0.05) is 15.6 Å². The maximum absolute atomic E-state index is 12.2. The third kappa shape index (κ3) is 6.09. The summed E-state index contributed by atoms with van der Waals surface area (Å²) in [7, 11) is 0. The molecule has 152 valence electrons. The van der Waals surface area contributed by atoms with Crippen molar-refractivity contribution in [2.24, 2.45) is 4.99 Å². The number of carbonyl (C=O) groups is 1. The van der Waals surface area contributed by atoms with E-state index in [1.165, 1.54) is 25.7 Å². The standard InChI is InChI=1S/C23H23Cl2NO3/c1-2-3-4-5-6-13-28-19-11-8-16(9-12-19)22-26-21(23(27)29-22)14-17-7-10-18(24)15-20(17)25/h7-12,14-15H,2-6,13H2,1H3. The van der Waals surface area contributed by atoms with Crippen LogP contribution in [0.15, 0.2) is 53.2 Å². The summed E-state index contributed by atoms with van der Waals surface area (Å²) in [6.07, 6.45) is 7.58. The topological polar surface area (TPSA) is 47.9 Å². The van der Waals surface area contributed by atoms with Gasteiger partial charge in [0.15, 0.2) is 5.70 Å². The molecule has 0 fully saturated rings. The molecule has 3 rings (SSSR count). The van der Waals surface area contributed by atoms with E-state index in [-0.39, 0.29) is 11.6 Å². The van der Waals surface area contributed by atoms with Crippen molar-refractivity contribution in [2.75, 3.05) is 6.61 Å². The lowest BCUT2D eigenvalue weighted by molar-refractivity contribution is -0.129. The summed E-state index contributed by atoms with van der Waals surface area (Å²) >= 11 is 12.1. The molecule has 0 spiro atoms. The van der Waals surface area contributed by atoms with Crippen molar-refractivity contribution in [3.63, 3.8) is 0 Å². The molecule has 0 saturated heterocycles. The molecule has 4 nitrogen and oxygen atoms in total. The summed E-state index contributed by atoms with van der Waals surface area (Å²) in [5.41, 5.74) is 1.55. The van der Waals surface area contributed by atoms with Crippen LogP contribution in [0, 0.1) is 0 Å². The SMILES string of the molecule is CCCCCCCOc1ccc(C2=NC(=Cc3ccc(Cl)cc3Cl)C(=O)O2)cc1. The van der Waals surface area contributed by atoms with Gasteiger partial charge in [-0.1, -0.05) is 61.9 Å². The number of halogens is 2. The van der Waals surface area contributed by atoms with Crippen molar-refractivity contribution in [1.29, 1.82) is 0 Å². The van der Waals surface area contributed by atoms with Crippen LogP contribution in [0.4, 0.5) is 0 Å². The molecule has 1 aliphatic heterocycles. The molecule has 0 saturated carbocycles. The van der Waals surface area contributed by atoms with Gasteiger partial charge in [0.25, 0.3) is 0 Å². The van der Waals surface area contributed by atoms with Gasteiger partial charge in [0.2, 0.25) is 5.90 Å². The summed E-state index contributed by atoms with van der Waals surface area (Å²) < 4.78 is 11.1. The summed E-state index contributed by atoms with van der Waals surface area (Å²) in [4.78, 5) is 16.5. The molecule has 29 heavy (non-hydrogen) atoms. The number of hydrogen-bond donors (Lipinski definition) is 0. The molecule has 0 aromatic heterocycles. The van der Waals surface area contributed by atoms with E-state index in [1.807, 2.05) is 24.3 Å². The number of aliphatic imine (C=N–C) groups is 1. The molecule has 0 atom stereocenters. The molecule has 1 aliphatic rings. The molecular formula is C23H23Cl2NO3. The Labute approximate surface area is 181 Å². The van der Waals surface area contributed by atoms with Crippen LogP contribution in [0.3, 0.4) is 0 Å². The number of rotatable bonds is 9. The van der Waals surface area contributed by atoms with Gasteiger partial charge in [-0.05, 0) is 54.5 Å². The first-order valence-electron chi connectivity index (χ1n) is 9.77. The third-order valence-corrected chi connectivity index (χ3v) is 5.06. The first-order chi connectivity index (χ1) is 14.1. The fourth-order valence-corrected chi connectivity index (χ4v) is 3.35. The van der Waals surface area contributed by atoms with Crippen LogP contribution in [0.5, 0.6) is 5.75 Å². The number of nitrogens with zero attached hydrogens (tertiary/aromatic N) is 1. The molecule has 0 amide bonds. The van der Waals surface area contributed by atoms with Crippen molar-refractivity contribution < 1.29 is 14.3 Å². The molecular weight excluding hydrogens is 409 g/mol. The summed E-state index contributed by atoms with van der Waals surface area (Å²) in [5, 5.41) is 0.969. The van der Waals surface area contributed by atoms with Crippen LogP contribution in [0.2, 0.25) is 10.0 Å². The Kier molecular flexibility index (Phi) is 7.73. The Hall–Kier alpha value is -2.30. The van der Waals surface area contributed by atoms with E-state index in [0.29, 0.717) is 27.8 Å². The largest absolute Gasteiger partial charge is 0.494 e. The summed E-state index contributed by atoms with van der Waals surface area (Å²) in [6.45, 7) is 2.91. The van der Waals surface area contributed by atoms with Gasteiger partial charge in [-0.2, -0.15) is 0 Å².